The van der Waals surface area contributed by atoms with Gasteiger partial charge in [0.2, 0.25) is 11.8 Å². The van der Waals surface area contributed by atoms with Crippen molar-refractivity contribution in [2.75, 3.05) is 0 Å². The molecule has 2 saturated carbocycles. The monoisotopic (exact) mass is 311 g/mol. The van der Waals surface area contributed by atoms with E-state index in [0.29, 0.717) is 24.7 Å². The van der Waals surface area contributed by atoms with Crippen molar-refractivity contribution in [1.29, 1.82) is 0 Å². The van der Waals surface area contributed by atoms with Crippen LogP contribution in [0.15, 0.2) is 0 Å². The van der Waals surface area contributed by atoms with Gasteiger partial charge in [-0.2, -0.15) is 0 Å². The highest BCUT2D eigenvalue weighted by atomic mass is 16.4. The molecular formula is C15H25N3O4. The Labute approximate surface area is 130 Å². The molecule has 3 atom stereocenters. The molecule has 0 heterocycles. The lowest BCUT2D eigenvalue weighted by Crippen LogP contribution is -2.56. The van der Waals surface area contributed by atoms with Gasteiger partial charge >= 0.3 is 5.97 Å². The summed E-state index contributed by atoms with van der Waals surface area (Å²) in [6.45, 7) is 4.16. The molecule has 0 spiro atoms. The second-order valence-electron chi connectivity index (χ2n) is 6.82. The third-order valence-corrected chi connectivity index (χ3v) is 4.81. The zero-order valence-corrected chi connectivity index (χ0v) is 13.1. The molecule has 7 nitrogen and oxygen atoms in total. The van der Waals surface area contributed by atoms with Crippen LogP contribution in [0, 0.1) is 17.8 Å². The maximum Gasteiger partial charge on any atom is 0.305 e. The summed E-state index contributed by atoms with van der Waals surface area (Å²) in [6.07, 6.45) is 2.97. The minimum atomic E-state index is -1.12. The van der Waals surface area contributed by atoms with Crippen LogP contribution in [0.4, 0.5) is 0 Å². The lowest BCUT2D eigenvalue weighted by atomic mass is 9.90. The molecule has 0 aliphatic heterocycles. The van der Waals surface area contributed by atoms with E-state index in [2.05, 4.69) is 24.5 Å². The molecular weight excluding hydrogens is 286 g/mol. The third kappa shape index (κ3) is 3.76. The van der Waals surface area contributed by atoms with E-state index in [1.165, 1.54) is 0 Å². The number of carboxylic acid groups (broad SMARTS) is 1. The lowest BCUT2D eigenvalue weighted by molar-refractivity contribution is -0.140. The highest BCUT2D eigenvalue weighted by Gasteiger charge is 2.48. The van der Waals surface area contributed by atoms with Crippen LogP contribution >= 0.6 is 0 Å². The summed E-state index contributed by atoms with van der Waals surface area (Å²) in [4.78, 5) is 35.0. The first-order chi connectivity index (χ1) is 10.2. The largest absolute Gasteiger partial charge is 0.481 e. The average Bonchev–Trinajstić information content (AvgIpc) is 3.05. The SMILES string of the molecule is CC1CCC(C)C1C(=O)NC1(NC(=O)[C@@H](N)CC(=O)O)CC1. The summed E-state index contributed by atoms with van der Waals surface area (Å²) in [5.41, 5.74) is 4.81. The van der Waals surface area contributed by atoms with Crippen LogP contribution in [0.1, 0.15) is 46.0 Å². The molecule has 2 amide bonds. The Morgan fingerprint density at radius 1 is 1.18 bits per heavy atom. The number of hydrogen-bond donors (Lipinski definition) is 4. The summed E-state index contributed by atoms with van der Waals surface area (Å²) in [7, 11) is 0. The fourth-order valence-corrected chi connectivity index (χ4v) is 3.30. The molecule has 2 aliphatic rings. The molecule has 124 valence electrons. The van der Waals surface area contributed by atoms with Crippen molar-refractivity contribution in [2.45, 2.75) is 57.7 Å². The molecule has 0 bridgehead atoms. The van der Waals surface area contributed by atoms with E-state index in [1.54, 1.807) is 0 Å². The molecule has 0 aromatic heterocycles. The van der Waals surface area contributed by atoms with Crippen LogP contribution in [-0.4, -0.2) is 34.6 Å². The molecule has 0 saturated heterocycles. The summed E-state index contributed by atoms with van der Waals surface area (Å²) < 4.78 is 0. The number of carboxylic acids is 1. The zero-order valence-electron chi connectivity index (χ0n) is 13.1. The van der Waals surface area contributed by atoms with Gasteiger partial charge in [0.05, 0.1) is 12.5 Å². The number of nitrogens with two attached hydrogens (primary N) is 1. The number of rotatable bonds is 6. The Hall–Kier alpha value is -1.63. The van der Waals surface area contributed by atoms with Crippen molar-refractivity contribution in [3.8, 4) is 0 Å². The summed E-state index contributed by atoms with van der Waals surface area (Å²) in [5, 5.41) is 14.3. The van der Waals surface area contributed by atoms with Crippen LogP contribution in [-0.2, 0) is 14.4 Å². The van der Waals surface area contributed by atoms with Gasteiger partial charge in [0, 0.05) is 5.92 Å². The number of aliphatic carboxylic acids is 1. The molecule has 0 aromatic carbocycles. The number of hydrogen-bond acceptors (Lipinski definition) is 4. The topological polar surface area (TPSA) is 122 Å². The van der Waals surface area contributed by atoms with E-state index < -0.39 is 30.0 Å². The summed E-state index contributed by atoms with van der Waals surface area (Å²) >= 11 is 0. The number of carbonyl (C=O) groups excluding carboxylic acids is 2. The Balaban J connectivity index is 1.90. The fourth-order valence-electron chi connectivity index (χ4n) is 3.30. The van der Waals surface area contributed by atoms with Gasteiger partial charge in [-0.15, -0.1) is 0 Å². The minimum Gasteiger partial charge on any atom is -0.481 e. The van der Waals surface area contributed by atoms with Crippen molar-refractivity contribution in [2.24, 2.45) is 23.5 Å². The molecule has 0 aromatic rings. The van der Waals surface area contributed by atoms with Gasteiger partial charge in [-0.05, 0) is 37.5 Å². The van der Waals surface area contributed by atoms with E-state index in [9.17, 15) is 14.4 Å². The third-order valence-electron chi connectivity index (χ3n) is 4.81. The molecule has 5 N–H and O–H groups in total. The molecule has 7 heteroatoms. The number of carbonyl (C=O) groups is 3. The standard InChI is InChI=1S/C15H25N3O4/c1-8-3-4-9(2)12(8)14(22)18-15(5-6-15)17-13(21)10(16)7-11(19)20/h8-10,12H,3-7,16H2,1-2H3,(H,17,21)(H,18,22)(H,19,20)/t8?,9?,10-,12?/m0/s1. The van der Waals surface area contributed by atoms with Crippen molar-refractivity contribution in [3.05, 3.63) is 0 Å². The second-order valence-corrected chi connectivity index (χ2v) is 6.82. The van der Waals surface area contributed by atoms with Crippen LogP contribution in [0.3, 0.4) is 0 Å². The van der Waals surface area contributed by atoms with Crippen LogP contribution in [0.25, 0.3) is 0 Å². The van der Waals surface area contributed by atoms with Gasteiger partial charge < -0.3 is 21.5 Å². The maximum absolute atomic E-state index is 12.5. The minimum absolute atomic E-state index is 0.0258. The number of amides is 2. The van der Waals surface area contributed by atoms with Gasteiger partial charge in [-0.25, -0.2) is 0 Å². The van der Waals surface area contributed by atoms with E-state index in [1.807, 2.05) is 0 Å². The average molecular weight is 311 g/mol. The van der Waals surface area contributed by atoms with Crippen molar-refractivity contribution >= 4 is 17.8 Å². The second kappa shape index (κ2) is 6.24. The van der Waals surface area contributed by atoms with Crippen LogP contribution < -0.4 is 16.4 Å². The van der Waals surface area contributed by atoms with Gasteiger partial charge in [-0.1, -0.05) is 13.8 Å². The molecule has 22 heavy (non-hydrogen) atoms. The zero-order chi connectivity index (χ0) is 16.5. The van der Waals surface area contributed by atoms with Crippen molar-refractivity contribution in [1.82, 2.24) is 10.6 Å². The van der Waals surface area contributed by atoms with E-state index >= 15 is 0 Å². The maximum atomic E-state index is 12.5. The first-order valence-electron chi connectivity index (χ1n) is 7.85. The first kappa shape index (κ1) is 16.7. The molecule has 0 radical (unpaired) electrons. The quantitative estimate of drug-likeness (QED) is 0.522. The van der Waals surface area contributed by atoms with Gasteiger partial charge in [-0.3, -0.25) is 14.4 Å². The van der Waals surface area contributed by atoms with Crippen molar-refractivity contribution < 1.29 is 19.5 Å². The predicted octanol–water partition coefficient (Wildman–Crippen LogP) is 0.193. The van der Waals surface area contributed by atoms with Crippen LogP contribution in [0.5, 0.6) is 0 Å². The molecule has 2 rings (SSSR count). The first-order valence-corrected chi connectivity index (χ1v) is 7.85. The van der Waals surface area contributed by atoms with Gasteiger partial charge in [0.1, 0.15) is 5.66 Å². The number of nitrogens with one attached hydrogen (secondary N) is 2. The van der Waals surface area contributed by atoms with E-state index in [-0.39, 0.29) is 11.8 Å². The Morgan fingerprint density at radius 2 is 1.73 bits per heavy atom. The van der Waals surface area contributed by atoms with Gasteiger partial charge in [0.25, 0.3) is 0 Å². The van der Waals surface area contributed by atoms with Crippen LogP contribution in [0.2, 0.25) is 0 Å². The summed E-state index contributed by atoms with van der Waals surface area (Å²) in [6, 6.07) is -1.10. The Morgan fingerprint density at radius 3 is 2.18 bits per heavy atom. The van der Waals surface area contributed by atoms with Crippen molar-refractivity contribution in [3.63, 3.8) is 0 Å². The Bertz CT molecular complexity index is 465. The molecule has 2 fully saturated rings. The fraction of sp³-hybridized carbons (Fsp3) is 0.800. The Kier molecular flexibility index (Phi) is 4.75. The highest BCUT2D eigenvalue weighted by molar-refractivity contribution is 5.88. The normalized spacial score (nSPS) is 30.4. The highest BCUT2D eigenvalue weighted by Crippen LogP contribution is 2.39. The molecule has 2 aliphatic carbocycles. The van der Waals surface area contributed by atoms with E-state index in [0.717, 1.165) is 12.8 Å². The summed E-state index contributed by atoms with van der Waals surface area (Å²) in [5.74, 6) is -1.02. The molecule has 2 unspecified atom stereocenters. The predicted molar refractivity (Wildman–Crippen MR) is 79.5 cm³/mol. The smallest absolute Gasteiger partial charge is 0.305 e. The lowest BCUT2D eigenvalue weighted by Gasteiger charge is -2.26. The van der Waals surface area contributed by atoms with Gasteiger partial charge in [0.15, 0.2) is 0 Å². The van der Waals surface area contributed by atoms with E-state index in [4.69, 9.17) is 10.8 Å².